The van der Waals surface area contributed by atoms with Crippen LogP contribution in [0, 0.1) is 0 Å². The van der Waals surface area contributed by atoms with Crippen molar-refractivity contribution in [1.29, 1.82) is 0 Å². The average molecular weight is 485 g/mol. The van der Waals surface area contributed by atoms with Crippen LogP contribution in [-0.2, 0) is 15.8 Å². The van der Waals surface area contributed by atoms with Gasteiger partial charge in [-0.05, 0) is 12.5 Å². The van der Waals surface area contributed by atoms with Crippen LogP contribution in [0.2, 0.25) is 0 Å². The first-order chi connectivity index (χ1) is 15.1. The van der Waals surface area contributed by atoms with Crippen molar-refractivity contribution in [3.63, 3.8) is 0 Å². The molecule has 5 nitrogen and oxygen atoms in total. The number of aliphatic imine (C=N–C) groups is 1. The first kappa shape index (κ1) is 25.8. The van der Waals surface area contributed by atoms with Crippen LogP contribution in [0.1, 0.15) is 24.5 Å². The lowest BCUT2D eigenvalue weighted by molar-refractivity contribution is -0.169. The molecule has 0 radical (unpaired) electrons. The Balaban J connectivity index is 2.90. The summed E-state index contributed by atoms with van der Waals surface area (Å²) >= 11 is 0. The fourth-order valence-corrected chi connectivity index (χ4v) is 2.58. The van der Waals surface area contributed by atoms with Gasteiger partial charge in [0, 0.05) is 5.56 Å². The number of hydrogen-bond acceptors (Lipinski definition) is 3. The van der Waals surface area contributed by atoms with Gasteiger partial charge in [0.1, 0.15) is 5.82 Å². The molecule has 1 aromatic carbocycles. The quantitative estimate of drug-likeness (QED) is 0.456. The predicted octanol–water partition coefficient (Wildman–Crippen LogP) is 5.56. The van der Waals surface area contributed by atoms with Crippen LogP contribution in [0.15, 0.2) is 41.4 Å². The Morgan fingerprint density at radius 3 is 1.97 bits per heavy atom. The second-order valence-electron chi connectivity index (χ2n) is 6.31. The van der Waals surface area contributed by atoms with Gasteiger partial charge in [-0.25, -0.2) is 9.98 Å². The minimum Gasteiger partial charge on any atom is -0.302 e. The number of nitrogens with zero attached hydrogens (tertiary/aromatic N) is 2. The lowest BCUT2D eigenvalue weighted by atomic mass is 9.98. The van der Waals surface area contributed by atoms with Crippen molar-refractivity contribution in [3.05, 3.63) is 47.5 Å². The lowest BCUT2D eigenvalue weighted by Gasteiger charge is -2.20. The van der Waals surface area contributed by atoms with Gasteiger partial charge in [0.15, 0.2) is 0 Å². The molecule has 0 aliphatic carbocycles. The Morgan fingerprint density at radius 2 is 1.52 bits per heavy atom. The Morgan fingerprint density at radius 1 is 0.939 bits per heavy atom. The van der Waals surface area contributed by atoms with E-state index in [0.717, 1.165) is 12.2 Å². The molecule has 0 aliphatic heterocycles. The maximum Gasteiger partial charge on any atom is 0.473 e. The average Bonchev–Trinajstić information content (AvgIpc) is 2.70. The standard InChI is InChI=1S/C19H12F9N3O2/c1-2-11(30-15(32)18(23,24)25)13-10(17(20,21)22)8-12(9-6-4-3-5-7-9)29-14(13)31-16(33)19(26,27)28/h3-8H,2H2,1H3,(H,29,31,33). The maximum atomic E-state index is 13.8. The van der Waals surface area contributed by atoms with Crippen molar-refractivity contribution in [2.45, 2.75) is 31.9 Å². The molecule has 1 aromatic heterocycles. The summed E-state index contributed by atoms with van der Waals surface area (Å²) in [7, 11) is 0. The number of benzene rings is 1. The molecule has 0 aliphatic rings. The van der Waals surface area contributed by atoms with Gasteiger partial charge in [-0.2, -0.15) is 39.5 Å². The summed E-state index contributed by atoms with van der Waals surface area (Å²) in [5.41, 5.74) is -4.85. The molecule has 0 atom stereocenters. The second-order valence-corrected chi connectivity index (χ2v) is 6.31. The van der Waals surface area contributed by atoms with Crippen molar-refractivity contribution in [2.24, 2.45) is 4.99 Å². The van der Waals surface area contributed by atoms with Crippen molar-refractivity contribution < 1.29 is 49.1 Å². The smallest absolute Gasteiger partial charge is 0.302 e. The molecule has 178 valence electrons. The summed E-state index contributed by atoms with van der Waals surface area (Å²) in [4.78, 5) is 28.9. The maximum absolute atomic E-state index is 13.8. The van der Waals surface area contributed by atoms with Crippen molar-refractivity contribution in [1.82, 2.24) is 4.98 Å². The van der Waals surface area contributed by atoms with Gasteiger partial charge in [-0.1, -0.05) is 37.3 Å². The summed E-state index contributed by atoms with van der Waals surface area (Å²) in [6.07, 6.45) is -17.2. The Hall–Kier alpha value is -3.45. The van der Waals surface area contributed by atoms with E-state index >= 15 is 0 Å². The fourth-order valence-electron chi connectivity index (χ4n) is 2.58. The number of hydrogen-bond donors (Lipinski definition) is 1. The van der Waals surface area contributed by atoms with Crippen molar-refractivity contribution in [3.8, 4) is 11.3 Å². The topological polar surface area (TPSA) is 71.4 Å². The molecule has 14 heteroatoms. The Kier molecular flexibility index (Phi) is 7.19. The summed E-state index contributed by atoms with van der Waals surface area (Å²) in [5, 5.41) is 1.15. The number of amides is 2. The largest absolute Gasteiger partial charge is 0.473 e. The number of carbonyl (C=O) groups is 2. The zero-order valence-electron chi connectivity index (χ0n) is 16.3. The minimum absolute atomic E-state index is 0.00147. The van der Waals surface area contributed by atoms with Gasteiger partial charge in [0.2, 0.25) is 0 Å². The summed E-state index contributed by atoms with van der Waals surface area (Å²) in [5.74, 6) is -6.87. The monoisotopic (exact) mass is 485 g/mol. The predicted molar refractivity (Wildman–Crippen MR) is 97.2 cm³/mol. The summed E-state index contributed by atoms with van der Waals surface area (Å²) in [6.45, 7) is 1.02. The van der Waals surface area contributed by atoms with E-state index in [9.17, 15) is 49.1 Å². The number of aromatic nitrogens is 1. The Labute approximate surface area is 179 Å². The highest BCUT2D eigenvalue weighted by atomic mass is 19.4. The molecule has 33 heavy (non-hydrogen) atoms. The third-order valence-electron chi connectivity index (χ3n) is 3.99. The number of pyridine rings is 1. The van der Waals surface area contributed by atoms with Gasteiger partial charge in [-0.3, -0.25) is 9.59 Å². The lowest BCUT2D eigenvalue weighted by Crippen LogP contribution is -2.32. The molecule has 2 aromatic rings. The molecule has 0 fully saturated rings. The number of nitrogens with one attached hydrogen (secondary N) is 1. The SMILES string of the molecule is CCC(=NC(=O)C(F)(F)F)c1c(C(F)(F)F)cc(-c2ccccc2)nc1NC(=O)C(F)(F)F. The molecule has 0 spiro atoms. The van der Waals surface area contributed by atoms with E-state index in [2.05, 4.69) is 9.98 Å². The molecule has 2 rings (SSSR count). The highest BCUT2D eigenvalue weighted by Crippen LogP contribution is 2.38. The molecule has 0 unspecified atom stereocenters. The third-order valence-corrected chi connectivity index (χ3v) is 3.99. The van der Waals surface area contributed by atoms with Crippen LogP contribution < -0.4 is 5.32 Å². The molecular formula is C19H12F9N3O2. The third kappa shape index (κ3) is 6.29. The highest BCUT2D eigenvalue weighted by Gasteiger charge is 2.43. The van der Waals surface area contributed by atoms with Crippen LogP contribution in [0.3, 0.4) is 0 Å². The van der Waals surface area contributed by atoms with E-state index in [1.807, 2.05) is 0 Å². The van der Waals surface area contributed by atoms with Crippen LogP contribution in [0.25, 0.3) is 11.3 Å². The fraction of sp³-hybridized carbons (Fsp3) is 0.263. The zero-order valence-corrected chi connectivity index (χ0v) is 16.3. The molecule has 0 saturated carbocycles. The number of carbonyl (C=O) groups excluding carboxylic acids is 2. The van der Waals surface area contributed by atoms with E-state index in [1.165, 1.54) is 30.3 Å². The Bertz CT molecular complexity index is 1070. The molecule has 2 amide bonds. The number of halogens is 9. The first-order valence-electron chi connectivity index (χ1n) is 8.80. The number of anilines is 1. The normalized spacial score (nSPS) is 13.1. The van der Waals surface area contributed by atoms with Crippen LogP contribution in [0.4, 0.5) is 45.3 Å². The zero-order chi connectivity index (χ0) is 25.2. The molecule has 0 saturated heterocycles. The van der Waals surface area contributed by atoms with Gasteiger partial charge in [0.05, 0.1) is 22.5 Å². The summed E-state index contributed by atoms with van der Waals surface area (Å²) in [6, 6.07) is 7.15. The van der Waals surface area contributed by atoms with Gasteiger partial charge in [0.25, 0.3) is 0 Å². The second kappa shape index (κ2) is 9.19. The number of rotatable bonds is 4. The highest BCUT2D eigenvalue weighted by molar-refractivity contribution is 6.13. The molecule has 0 bridgehead atoms. The number of alkyl halides is 9. The molecule has 1 N–H and O–H groups in total. The van der Waals surface area contributed by atoms with Gasteiger partial charge >= 0.3 is 30.3 Å². The van der Waals surface area contributed by atoms with Gasteiger partial charge in [-0.15, -0.1) is 0 Å². The molecular weight excluding hydrogens is 473 g/mol. The van der Waals surface area contributed by atoms with Crippen LogP contribution in [0.5, 0.6) is 0 Å². The van der Waals surface area contributed by atoms with Crippen LogP contribution >= 0.6 is 0 Å². The van der Waals surface area contributed by atoms with E-state index < -0.39 is 65.1 Å². The van der Waals surface area contributed by atoms with E-state index in [0.29, 0.717) is 6.07 Å². The summed E-state index contributed by atoms with van der Waals surface area (Å²) < 4.78 is 118. The van der Waals surface area contributed by atoms with Crippen molar-refractivity contribution in [2.75, 3.05) is 5.32 Å². The first-order valence-corrected chi connectivity index (χ1v) is 8.80. The van der Waals surface area contributed by atoms with E-state index in [-0.39, 0.29) is 5.56 Å². The van der Waals surface area contributed by atoms with Crippen LogP contribution in [-0.4, -0.2) is 34.9 Å². The van der Waals surface area contributed by atoms with E-state index in [4.69, 9.17) is 0 Å². The van der Waals surface area contributed by atoms with Crippen molar-refractivity contribution >= 4 is 23.3 Å². The van der Waals surface area contributed by atoms with E-state index in [1.54, 1.807) is 0 Å². The molecule has 1 heterocycles. The minimum atomic E-state index is -5.56. The van der Waals surface area contributed by atoms with Gasteiger partial charge < -0.3 is 5.32 Å².